The highest BCUT2D eigenvalue weighted by atomic mass is 16.2. The summed E-state index contributed by atoms with van der Waals surface area (Å²) in [5.41, 5.74) is 1.97. The molecule has 2 amide bonds. The summed E-state index contributed by atoms with van der Waals surface area (Å²) in [7, 11) is 1.78. The van der Waals surface area contributed by atoms with Crippen molar-refractivity contribution in [2.45, 2.75) is 46.2 Å². The molecule has 0 saturated heterocycles. The van der Waals surface area contributed by atoms with Crippen LogP contribution in [0, 0.1) is 5.41 Å². The van der Waals surface area contributed by atoms with Gasteiger partial charge in [0, 0.05) is 26.4 Å². The third-order valence-electron chi connectivity index (χ3n) is 4.25. The SMILES string of the molecule is CN(Cc1ccccc1)C(=O)[C@H](Cc1ccccc1)NC(=O)CC(C)(C)C. The molecule has 4 nitrogen and oxygen atoms in total. The maximum absolute atomic E-state index is 13.1. The van der Waals surface area contributed by atoms with Crippen LogP contribution in [-0.4, -0.2) is 29.8 Å². The standard InChI is InChI=1S/C23H30N2O2/c1-23(2,3)16-21(26)24-20(15-18-11-7-5-8-12-18)22(27)25(4)17-19-13-9-6-10-14-19/h5-14,20H,15-17H2,1-4H3,(H,24,26)/t20-/m0/s1. The van der Waals surface area contributed by atoms with Gasteiger partial charge in [-0.2, -0.15) is 0 Å². The second-order valence-electron chi connectivity index (χ2n) is 8.23. The lowest BCUT2D eigenvalue weighted by Gasteiger charge is -2.26. The Balaban J connectivity index is 2.11. The van der Waals surface area contributed by atoms with E-state index in [1.54, 1.807) is 11.9 Å². The fraction of sp³-hybridized carbons (Fsp3) is 0.391. The smallest absolute Gasteiger partial charge is 0.245 e. The van der Waals surface area contributed by atoms with Crippen LogP contribution in [0.25, 0.3) is 0 Å². The summed E-state index contributed by atoms with van der Waals surface area (Å²) >= 11 is 0. The number of nitrogens with one attached hydrogen (secondary N) is 1. The van der Waals surface area contributed by atoms with Gasteiger partial charge in [-0.05, 0) is 16.5 Å². The number of benzene rings is 2. The lowest BCUT2D eigenvalue weighted by Crippen LogP contribution is -2.49. The number of likely N-dealkylation sites (N-methyl/N-ethyl adjacent to an activating group) is 1. The minimum absolute atomic E-state index is 0.0787. The van der Waals surface area contributed by atoms with Crippen LogP contribution < -0.4 is 5.32 Å². The molecule has 0 saturated carbocycles. The van der Waals surface area contributed by atoms with E-state index in [2.05, 4.69) is 5.32 Å². The molecule has 144 valence electrons. The number of nitrogens with zero attached hydrogens (tertiary/aromatic N) is 1. The van der Waals surface area contributed by atoms with Crippen LogP contribution in [0.4, 0.5) is 0 Å². The van der Waals surface area contributed by atoms with Crippen LogP contribution in [0.3, 0.4) is 0 Å². The first-order valence-electron chi connectivity index (χ1n) is 9.37. The van der Waals surface area contributed by atoms with E-state index in [1.165, 1.54) is 0 Å². The Hall–Kier alpha value is -2.62. The fourth-order valence-corrected chi connectivity index (χ4v) is 2.98. The molecule has 2 aromatic rings. The largest absolute Gasteiger partial charge is 0.344 e. The van der Waals surface area contributed by atoms with Crippen LogP contribution in [0.15, 0.2) is 60.7 Å². The van der Waals surface area contributed by atoms with E-state index < -0.39 is 6.04 Å². The molecule has 2 rings (SSSR count). The summed E-state index contributed by atoms with van der Waals surface area (Å²) < 4.78 is 0. The molecule has 0 aliphatic rings. The molecule has 1 N–H and O–H groups in total. The van der Waals surface area contributed by atoms with Gasteiger partial charge in [-0.1, -0.05) is 81.4 Å². The summed E-state index contributed by atoms with van der Waals surface area (Å²) in [4.78, 5) is 27.2. The number of rotatable bonds is 7. The molecule has 0 unspecified atom stereocenters. The Labute approximate surface area is 162 Å². The zero-order valence-corrected chi connectivity index (χ0v) is 16.7. The van der Waals surface area contributed by atoms with Gasteiger partial charge in [-0.3, -0.25) is 9.59 Å². The van der Waals surface area contributed by atoms with Gasteiger partial charge in [-0.25, -0.2) is 0 Å². The first-order valence-corrected chi connectivity index (χ1v) is 9.37. The van der Waals surface area contributed by atoms with E-state index >= 15 is 0 Å². The molecule has 0 heterocycles. The van der Waals surface area contributed by atoms with Crippen LogP contribution in [0.5, 0.6) is 0 Å². The molecule has 4 heteroatoms. The Morgan fingerprint density at radius 1 is 0.926 bits per heavy atom. The van der Waals surface area contributed by atoms with Crippen molar-refractivity contribution >= 4 is 11.8 Å². The van der Waals surface area contributed by atoms with Crippen LogP contribution in [0.2, 0.25) is 0 Å². The van der Waals surface area contributed by atoms with Crippen LogP contribution in [0.1, 0.15) is 38.3 Å². The Morgan fingerprint density at radius 2 is 1.44 bits per heavy atom. The fourth-order valence-electron chi connectivity index (χ4n) is 2.98. The average molecular weight is 367 g/mol. The first-order chi connectivity index (χ1) is 12.7. The highest BCUT2D eigenvalue weighted by Gasteiger charge is 2.26. The van der Waals surface area contributed by atoms with Crippen molar-refractivity contribution in [3.63, 3.8) is 0 Å². The van der Waals surface area contributed by atoms with Gasteiger partial charge < -0.3 is 10.2 Å². The van der Waals surface area contributed by atoms with Crippen LogP contribution >= 0.6 is 0 Å². The summed E-state index contributed by atoms with van der Waals surface area (Å²) in [6, 6.07) is 19.1. The molecule has 0 spiro atoms. The van der Waals surface area contributed by atoms with E-state index in [9.17, 15) is 9.59 Å². The van der Waals surface area contributed by atoms with Gasteiger partial charge >= 0.3 is 0 Å². The zero-order chi connectivity index (χ0) is 19.9. The topological polar surface area (TPSA) is 49.4 Å². The highest BCUT2D eigenvalue weighted by Crippen LogP contribution is 2.18. The number of hydrogen-bond acceptors (Lipinski definition) is 2. The van der Waals surface area contributed by atoms with E-state index in [0.29, 0.717) is 19.4 Å². The number of hydrogen-bond donors (Lipinski definition) is 1. The first kappa shape index (κ1) is 20.7. The molecule has 0 fully saturated rings. The lowest BCUT2D eigenvalue weighted by atomic mass is 9.91. The van der Waals surface area contributed by atoms with Crippen LogP contribution in [-0.2, 0) is 22.6 Å². The Morgan fingerprint density at radius 3 is 1.96 bits per heavy atom. The van der Waals surface area contributed by atoms with Crippen molar-refractivity contribution in [1.82, 2.24) is 10.2 Å². The molecule has 2 aromatic carbocycles. The summed E-state index contributed by atoms with van der Waals surface area (Å²) in [6.07, 6.45) is 0.864. The van der Waals surface area contributed by atoms with Crippen molar-refractivity contribution in [3.05, 3.63) is 71.8 Å². The average Bonchev–Trinajstić information content (AvgIpc) is 2.60. The van der Waals surface area contributed by atoms with Crippen molar-refractivity contribution in [3.8, 4) is 0 Å². The zero-order valence-electron chi connectivity index (χ0n) is 16.7. The molecule has 0 aromatic heterocycles. The number of carbonyl (C=O) groups is 2. The van der Waals surface area contributed by atoms with E-state index in [4.69, 9.17) is 0 Å². The monoisotopic (exact) mass is 366 g/mol. The molecule has 0 bridgehead atoms. The highest BCUT2D eigenvalue weighted by molar-refractivity contribution is 5.88. The van der Waals surface area contributed by atoms with Gasteiger partial charge in [-0.15, -0.1) is 0 Å². The Kier molecular flexibility index (Phi) is 7.17. The van der Waals surface area contributed by atoms with E-state index in [-0.39, 0.29) is 17.2 Å². The number of carbonyl (C=O) groups excluding carboxylic acids is 2. The molecule has 1 atom stereocenters. The maximum atomic E-state index is 13.1. The van der Waals surface area contributed by atoms with Gasteiger partial charge in [0.1, 0.15) is 6.04 Å². The van der Waals surface area contributed by atoms with E-state index in [0.717, 1.165) is 11.1 Å². The molecule has 0 aliphatic heterocycles. The summed E-state index contributed by atoms with van der Waals surface area (Å²) in [5.74, 6) is -0.171. The minimum atomic E-state index is -0.573. The lowest BCUT2D eigenvalue weighted by molar-refractivity contribution is -0.136. The van der Waals surface area contributed by atoms with Gasteiger partial charge in [0.25, 0.3) is 0 Å². The minimum Gasteiger partial charge on any atom is -0.344 e. The molecular formula is C23H30N2O2. The third-order valence-corrected chi connectivity index (χ3v) is 4.25. The molecule has 0 aliphatic carbocycles. The van der Waals surface area contributed by atoms with Crippen molar-refractivity contribution in [1.29, 1.82) is 0 Å². The van der Waals surface area contributed by atoms with Gasteiger partial charge in [0.15, 0.2) is 0 Å². The molecule has 27 heavy (non-hydrogen) atoms. The number of amides is 2. The predicted molar refractivity (Wildman–Crippen MR) is 109 cm³/mol. The summed E-state index contributed by atoms with van der Waals surface area (Å²) in [5, 5.41) is 2.96. The quantitative estimate of drug-likeness (QED) is 0.810. The summed E-state index contributed by atoms with van der Waals surface area (Å²) in [6.45, 7) is 6.56. The normalized spacial score (nSPS) is 12.3. The second kappa shape index (κ2) is 9.36. The van der Waals surface area contributed by atoms with E-state index in [1.807, 2.05) is 81.4 Å². The predicted octanol–water partition coefficient (Wildman–Crippen LogP) is 3.81. The van der Waals surface area contributed by atoms with Gasteiger partial charge in [0.05, 0.1) is 0 Å². The van der Waals surface area contributed by atoms with Crippen molar-refractivity contribution < 1.29 is 9.59 Å². The Bertz CT molecular complexity index is 736. The van der Waals surface area contributed by atoms with Gasteiger partial charge in [0.2, 0.25) is 11.8 Å². The van der Waals surface area contributed by atoms with Crippen molar-refractivity contribution in [2.75, 3.05) is 7.05 Å². The second-order valence-corrected chi connectivity index (χ2v) is 8.23. The van der Waals surface area contributed by atoms with Crippen molar-refractivity contribution in [2.24, 2.45) is 5.41 Å². The molecular weight excluding hydrogens is 336 g/mol. The molecule has 0 radical (unpaired) electrons. The third kappa shape index (κ3) is 7.26. The maximum Gasteiger partial charge on any atom is 0.245 e.